The minimum Gasteiger partial charge on any atom is -0.494 e. The molecule has 33 heavy (non-hydrogen) atoms. The van der Waals surface area contributed by atoms with Gasteiger partial charge in [-0.25, -0.2) is 0 Å². The van der Waals surface area contributed by atoms with Gasteiger partial charge in [-0.1, -0.05) is 120 Å². The van der Waals surface area contributed by atoms with Crippen molar-refractivity contribution in [2.45, 2.75) is 90.4 Å². The number of nitrogens with zero attached hydrogens (tertiary/aromatic N) is 3. The summed E-state index contributed by atoms with van der Waals surface area (Å²) in [6.07, 6.45) is 17.9. The minimum absolute atomic E-state index is 0.574. The molecule has 0 bridgehead atoms. The van der Waals surface area contributed by atoms with Gasteiger partial charge in [0.1, 0.15) is 12.3 Å². The Labute approximate surface area is 200 Å². The molecule has 178 valence electrons. The summed E-state index contributed by atoms with van der Waals surface area (Å²) in [7, 11) is 0. The van der Waals surface area contributed by atoms with Gasteiger partial charge in [-0.15, -0.1) is 5.10 Å². The van der Waals surface area contributed by atoms with E-state index in [2.05, 4.69) is 70.9 Å². The molecule has 0 saturated heterocycles. The number of ether oxygens (including phenoxy) is 1. The molecule has 0 radical (unpaired) electrons. The van der Waals surface area contributed by atoms with Gasteiger partial charge in [-0.3, -0.25) is 0 Å². The first-order valence-corrected chi connectivity index (χ1v) is 13.1. The second kappa shape index (κ2) is 15.4. The van der Waals surface area contributed by atoms with Crippen molar-refractivity contribution in [3.63, 3.8) is 0 Å². The molecule has 1 aliphatic heterocycles. The smallest absolute Gasteiger partial charge is 0.119 e. The number of hydrogen-bond acceptors (Lipinski definition) is 4. The van der Waals surface area contributed by atoms with Gasteiger partial charge < -0.3 is 4.74 Å². The summed E-state index contributed by atoms with van der Waals surface area (Å²) >= 11 is 0. The van der Waals surface area contributed by atoms with E-state index in [1.54, 1.807) is 0 Å². The van der Waals surface area contributed by atoms with Gasteiger partial charge in [0.25, 0.3) is 0 Å². The maximum Gasteiger partial charge on any atom is 0.119 e. The average molecular weight is 448 g/mol. The standard InChI is InChI=1S/C29H41N3O/c1-2-3-4-5-6-7-8-9-10-11-12-13-14-23-33-28-21-19-26(20-22-28)25-15-17-27(18-16-25)29-24-30-32-31-29/h15-22H,2-14,23-24H2,1H3. The Balaban J connectivity index is 1.21. The van der Waals surface area contributed by atoms with Crippen LogP contribution in [0.25, 0.3) is 11.1 Å². The maximum absolute atomic E-state index is 5.95. The lowest BCUT2D eigenvalue weighted by atomic mass is 10.0. The van der Waals surface area contributed by atoms with Crippen LogP contribution < -0.4 is 4.74 Å². The minimum atomic E-state index is 0.574. The average Bonchev–Trinajstić information content (AvgIpc) is 3.40. The van der Waals surface area contributed by atoms with Crippen LogP contribution in [0, 0.1) is 0 Å². The predicted octanol–water partition coefficient (Wildman–Crippen LogP) is 8.99. The zero-order valence-electron chi connectivity index (χ0n) is 20.5. The van der Waals surface area contributed by atoms with Crippen molar-refractivity contribution in [3.05, 3.63) is 54.1 Å². The Morgan fingerprint density at radius 3 is 1.61 bits per heavy atom. The highest BCUT2D eigenvalue weighted by atomic mass is 16.5. The van der Waals surface area contributed by atoms with Crippen LogP contribution in [0.15, 0.2) is 64.0 Å². The molecule has 4 heteroatoms. The van der Waals surface area contributed by atoms with E-state index in [-0.39, 0.29) is 0 Å². The monoisotopic (exact) mass is 447 g/mol. The van der Waals surface area contributed by atoms with Crippen LogP contribution in [-0.2, 0) is 0 Å². The molecule has 0 fully saturated rings. The normalized spacial score (nSPS) is 12.8. The van der Waals surface area contributed by atoms with E-state index in [9.17, 15) is 0 Å². The van der Waals surface area contributed by atoms with Crippen molar-refractivity contribution in [2.75, 3.05) is 13.2 Å². The Morgan fingerprint density at radius 2 is 1.09 bits per heavy atom. The summed E-state index contributed by atoms with van der Waals surface area (Å²) in [5.74, 6) is 0.956. The quantitative estimate of drug-likeness (QED) is 0.223. The first-order chi connectivity index (χ1) is 16.4. The van der Waals surface area contributed by atoms with Crippen LogP contribution in [0.1, 0.15) is 96.0 Å². The molecule has 1 aliphatic rings. The van der Waals surface area contributed by atoms with Gasteiger partial charge in [-0.2, -0.15) is 5.11 Å². The molecule has 2 aromatic carbocycles. The topological polar surface area (TPSA) is 46.3 Å². The van der Waals surface area contributed by atoms with Crippen LogP contribution >= 0.6 is 0 Å². The highest BCUT2D eigenvalue weighted by Crippen LogP contribution is 2.24. The van der Waals surface area contributed by atoms with Crippen LogP contribution in [0.4, 0.5) is 0 Å². The first kappa shape index (κ1) is 25.1. The van der Waals surface area contributed by atoms with Gasteiger partial charge in [-0.05, 0) is 40.5 Å². The molecule has 0 aromatic heterocycles. The molecule has 0 spiro atoms. The van der Waals surface area contributed by atoms with E-state index in [4.69, 9.17) is 4.74 Å². The van der Waals surface area contributed by atoms with Crippen molar-refractivity contribution in [2.24, 2.45) is 15.4 Å². The van der Waals surface area contributed by atoms with E-state index in [1.165, 1.54) is 88.2 Å². The van der Waals surface area contributed by atoms with Crippen molar-refractivity contribution in [1.82, 2.24) is 0 Å². The zero-order valence-corrected chi connectivity index (χ0v) is 20.5. The summed E-state index contributed by atoms with van der Waals surface area (Å²) in [5, 5.41) is 11.7. The molecule has 0 amide bonds. The van der Waals surface area contributed by atoms with E-state index in [0.717, 1.165) is 30.1 Å². The van der Waals surface area contributed by atoms with Crippen LogP contribution in [0.2, 0.25) is 0 Å². The second-order valence-corrected chi connectivity index (χ2v) is 9.13. The van der Waals surface area contributed by atoms with Gasteiger partial charge >= 0.3 is 0 Å². The Hall–Kier alpha value is -2.49. The van der Waals surface area contributed by atoms with E-state index >= 15 is 0 Å². The van der Waals surface area contributed by atoms with Gasteiger partial charge in [0.15, 0.2) is 0 Å². The molecule has 0 N–H and O–H groups in total. The summed E-state index contributed by atoms with van der Waals surface area (Å²) in [5.41, 5.74) is 4.40. The molecular weight excluding hydrogens is 406 g/mol. The number of hydrogen-bond donors (Lipinski definition) is 0. The van der Waals surface area contributed by atoms with Crippen molar-refractivity contribution >= 4 is 5.71 Å². The molecule has 2 aromatic rings. The van der Waals surface area contributed by atoms with Crippen molar-refractivity contribution < 1.29 is 4.74 Å². The molecule has 0 saturated carbocycles. The fraction of sp³-hybridized carbons (Fsp3) is 0.552. The van der Waals surface area contributed by atoms with E-state index in [0.29, 0.717) is 6.54 Å². The molecule has 0 atom stereocenters. The van der Waals surface area contributed by atoms with Crippen LogP contribution in [0.3, 0.4) is 0 Å². The zero-order chi connectivity index (χ0) is 23.0. The molecule has 0 aliphatic carbocycles. The predicted molar refractivity (Wildman–Crippen MR) is 139 cm³/mol. The van der Waals surface area contributed by atoms with Crippen molar-refractivity contribution in [3.8, 4) is 16.9 Å². The lowest BCUT2D eigenvalue weighted by Gasteiger charge is -2.08. The summed E-state index contributed by atoms with van der Waals surface area (Å²) in [4.78, 5) is 0. The Kier molecular flexibility index (Phi) is 11.7. The summed E-state index contributed by atoms with van der Waals surface area (Å²) < 4.78 is 5.95. The maximum atomic E-state index is 5.95. The Morgan fingerprint density at radius 1 is 0.606 bits per heavy atom. The fourth-order valence-corrected chi connectivity index (χ4v) is 4.27. The number of rotatable bonds is 17. The van der Waals surface area contributed by atoms with Gasteiger partial charge in [0, 0.05) is 0 Å². The molecule has 0 unspecified atom stereocenters. The highest BCUT2D eigenvalue weighted by molar-refractivity contribution is 6.02. The number of unbranched alkanes of at least 4 members (excludes halogenated alkanes) is 12. The van der Waals surface area contributed by atoms with Crippen molar-refractivity contribution in [1.29, 1.82) is 0 Å². The molecule has 1 heterocycles. The highest BCUT2D eigenvalue weighted by Gasteiger charge is 2.07. The lowest BCUT2D eigenvalue weighted by Crippen LogP contribution is -2.00. The molecule has 4 nitrogen and oxygen atoms in total. The second-order valence-electron chi connectivity index (χ2n) is 9.13. The number of benzene rings is 2. The van der Waals surface area contributed by atoms with Crippen LogP contribution in [-0.4, -0.2) is 18.9 Å². The lowest BCUT2D eigenvalue weighted by molar-refractivity contribution is 0.304. The third-order valence-corrected chi connectivity index (χ3v) is 6.37. The van der Waals surface area contributed by atoms with E-state index in [1.807, 2.05) is 0 Å². The molecule has 3 rings (SSSR count). The third-order valence-electron chi connectivity index (χ3n) is 6.37. The molecular formula is C29H41N3O. The van der Waals surface area contributed by atoms with E-state index < -0.39 is 0 Å². The first-order valence-electron chi connectivity index (χ1n) is 13.1. The Bertz CT molecular complexity index is 840. The fourth-order valence-electron chi connectivity index (χ4n) is 4.27. The summed E-state index contributed by atoms with van der Waals surface area (Å²) in [6.45, 7) is 3.67. The van der Waals surface area contributed by atoms with Gasteiger partial charge in [0.05, 0.1) is 12.3 Å². The van der Waals surface area contributed by atoms with Gasteiger partial charge in [0.2, 0.25) is 0 Å². The SMILES string of the molecule is CCCCCCCCCCCCCCCOc1ccc(-c2ccc(C3=NN=NC3)cc2)cc1. The largest absolute Gasteiger partial charge is 0.494 e. The summed E-state index contributed by atoms with van der Waals surface area (Å²) in [6, 6.07) is 16.8. The third kappa shape index (κ3) is 9.49. The van der Waals surface area contributed by atoms with Crippen LogP contribution in [0.5, 0.6) is 5.75 Å².